The van der Waals surface area contributed by atoms with Gasteiger partial charge in [0.2, 0.25) is 0 Å². The minimum atomic E-state index is 0.256. The SMILES string of the molecule is COc1ccc(-c2csc3c(N4CC[C@@H](CC(C)=O)C4)ncnc23)cc1OC. The first-order chi connectivity index (χ1) is 13.6. The molecule has 0 amide bonds. The van der Waals surface area contributed by atoms with Crippen LogP contribution in [-0.2, 0) is 4.79 Å². The van der Waals surface area contributed by atoms with Gasteiger partial charge in [-0.1, -0.05) is 6.07 Å². The number of ether oxygens (including phenoxy) is 2. The first-order valence-electron chi connectivity index (χ1n) is 9.29. The van der Waals surface area contributed by atoms with E-state index in [0.29, 0.717) is 23.8 Å². The van der Waals surface area contributed by atoms with Gasteiger partial charge in [0.1, 0.15) is 17.9 Å². The summed E-state index contributed by atoms with van der Waals surface area (Å²) in [5.74, 6) is 3.03. The Labute approximate surface area is 168 Å². The Morgan fingerprint density at radius 1 is 1.25 bits per heavy atom. The molecular weight excluding hydrogens is 374 g/mol. The van der Waals surface area contributed by atoms with Gasteiger partial charge in [-0.15, -0.1) is 11.3 Å². The lowest BCUT2D eigenvalue weighted by molar-refractivity contribution is -0.117. The summed E-state index contributed by atoms with van der Waals surface area (Å²) in [4.78, 5) is 22.9. The number of methoxy groups -OCH3 is 2. The van der Waals surface area contributed by atoms with Crippen LogP contribution < -0.4 is 14.4 Å². The maximum Gasteiger partial charge on any atom is 0.161 e. The first-order valence-corrected chi connectivity index (χ1v) is 10.2. The molecule has 0 aliphatic carbocycles. The fraction of sp³-hybridized carbons (Fsp3) is 0.381. The fourth-order valence-corrected chi connectivity index (χ4v) is 4.92. The van der Waals surface area contributed by atoms with Gasteiger partial charge in [-0.05, 0) is 37.0 Å². The molecule has 0 spiro atoms. The topological polar surface area (TPSA) is 64.5 Å². The summed E-state index contributed by atoms with van der Waals surface area (Å²) in [5, 5.41) is 2.12. The summed E-state index contributed by atoms with van der Waals surface area (Å²) in [6, 6.07) is 5.90. The molecule has 0 saturated carbocycles. The summed E-state index contributed by atoms with van der Waals surface area (Å²) in [7, 11) is 3.27. The number of carbonyl (C=O) groups excluding carboxylic acids is 1. The number of hydrogen-bond acceptors (Lipinski definition) is 7. The highest BCUT2D eigenvalue weighted by Crippen LogP contribution is 2.40. The molecular formula is C21H23N3O3S. The van der Waals surface area contributed by atoms with E-state index in [-0.39, 0.29) is 5.78 Å². The van der Waals surface area contributed by atoms with Crippen molar-refractivity contribution >= 4 is 33.2 Å². The van der Waals surface area contributed by atoms with Gasteiger partial charge in [-0.3, -0.25) is 0 Å². The quantitative estimate of drug-likeness (QED) is 0.622. The lowest BCUT2D eigenvalue weighted by atomic mass is 10.0. The van der Waals surface area contributed by atoms with E-state index in [0.717, 1.165) is 46.7 Å². The van der Waals surface area contributed by atoms with E-state index in [4.69, 9.17) is 9.47 Å². The molecule has 1 aromatic carbocycles. The maximum absolute atomic E-state index is 11.5. The average Bonchev–Trinajstić information content (AvgIpc) is 3.33. The normalized spacial score (nSPS) is 16.5. The molecule has 1 atom stereocenters. The standard InChI is InChI=1S/C21H23N3O3S/c1-13(25)8-14-6-7-24(10-14)21-20-19(22-12-23-21)16(11-28-20)15-4-5-17(26-2)18(9-15)27-3/h4-5,9,11-12,14H,6-8,10H2,1-3H3/t14-/m0/s1. The van der Waals surface area contributed by atoms with Crippen LogP contribution in [0, 0.1) is 5.92 Å². The highest BCUT2D eigenvalue weighted by atomic mass is 32.1. The number of fused-ring (bicyclic) bond motifs is 1. The first kappa shape index (κ1) is 18.7. The van der Waals surface area contributed by atoms with Gasteiger partial charge < -0.3 is 19.2 Å². The zero-order valence-corrected chi connectivity index (χ0v) is 17.1. The van der Waals surface area contributed by atoms with Crippen molar-refractivity contribution in [3.05, 3.63) is 29.9 Å². The Morgan fingerprint density at radius 2 is 2.07 bits per heavy atom. The van der Waals surface area contributed by atoms with Crippen molar-refractivity contribution in [1.82, 2.24) is 9.97 Å². The van der Waals surface area contributed by atoms with Crippen molar-refractivity contribution in [2.45, 2.75) is 19.8 Å². The molecule has 1 aliphatic rings. The van der Waals surface area contributed by atoms with Crippen LogP contribution in [0.3, 0.4) is 0 Å². The number of nitrogens with zero attached hydrogens (tertiary/aromatic N) is 3. The van der Waals surface area contributed by atoms with Crippen molar-refractivity contribution in [1.29, 1.82) is 0 Å². The smallest absolute Gasteiger partial charge is 0.161 e. The van der Waals surface area contributed by atoms with Crippen molar-refractivity contribution in [3.8, 4) is 22.6 Å². The van der Waals surface area contributed by atoms with E-state index < -0.39 is 0 Å². The average molecular weight is 398 g/mol. The van der Waals surface area contributed by atoms with Crippen LogP contribution >= 0.6 is 11.3 Å². The predicted octanol–water partition coefficient (Wildman–Crippen LogP) is 4.18. The molecule has 3 heterocycles. The van der Waals surface area contributed by atoms with Gasteiger partial charge in [0, 0.05) is 30.5 Å². The molecule has 1 aliphatic heterocycles. The van der Waals surface area contributed by atoms with Gasteiger partial charge >= 0.3 is 0 Å². The molecule has 2 aromatic heterocycles. The van der Waals surface area contributed by atoms with E-state index in [2.05, 4.69) is 20.2 Å². The Morgan fingerprint density at radius 3 is 2.82 bits per heavy atom. The van der Waals surface area contributed by atoms with Gasteiger partial charge in [0.05, 0.1) is 24.4 Å². The molecule has 1 saturated heterocycles. The number of hydrogen-bond donors (Lipinski definition) is 0. The highest BCUT2D eigenvalue weighted by molar-refractivity contribution is 7.18. The molecule has 4 rings (SSSR count). The third-order valence-electron chi connectivity index (χ3n) is 5.19. The zero-order chi connectivity index (χ0) is 19.7. The van der Waals surface area contributed by atoms with Crippen LogP contribution in [0.1, 0.15) is 19.8 Å². The number of thiophene rings is 1. The van der Waals surface area contributed by atoms with E-state index in [1.807, 2.05) is 18.2 Å². The largest absolute Gasteiger partial charge is 0.493 e. The number of aromatic nitrogens is 2. The van der Waals surface area contributed by atoms with Crippen LogP contribution in [0.15, 0.2) is 29.9 Å². The Balaban J connectivity index is 1.69. The summed E-state index contributed by atoms with van der Waals surface area (Å²) < 4.78 is 11.9. The van der Waals surface area contributed by atoms with Crippen LogP contribution in [0.5, 0.6) is 11.5 Å². The number of carbonyl (C=O) groups is 1. The van der Waals surface area contributed by atoms with Crippen molar-refractivity contribution in [2.24, 2.45) is 5.92 Å². The molecule has 1 fully saturated rings. The molecule has 0 unspecified atom stereocenters. The lowest BCUT2D eigenvalue weighted by Gasteiger charge is -2.17. The second-order valence-corrected chi connectivity index (χ2v) is 7.98. The Hall–Kier alpha value is -2.67. The minimum Gasteiger partial charge on any atom is -0.493 e. The summed E-state index contributed by atoms with van der Waals surface area (Å²) in [6.45, 7) is 3.46. The third kappa shape index (κ3) is 3.42. The van der Waals surface area contributed by atoms with Gasteiger partial charge in [0.25, 0.3) is 0 Å². The monoisotopic (exact) mass is 397 g/mol. The highest BCUT2D eigenvalue weighted by Gasteiger charge is 2.26. The van der Waals surface area contributed by atoms with Crippen LogP contribution in [0.2, 0.25) is 0 Å². The van der Waals surface area contributed by atoms with Crippen molar-refractivity contribution in [2.75, 3.05) is 32.2 Å². The second-order valence-electron chi connectivity index (χ2n) is 7.10. The predicted molar refractivity (Wildman–Crippen MR) is 112 cm³/mol. The van der Waals surface area contributed by atoms with E-state index >= 15 is 0 Å². The number of benzene rings is 1. The minimum absolute atomic E-state index is 0.256. The molecule has 7 heteroatoms. The third-order valence-corrected chi connectivity index (χ3v) is 6.16. The molecule has 146 valence electrons. The maximum atomic E-state index is 11.5. The summed E-state index contributed by atoms with van der Waals surface area (Å²) >= 11 is 1.66. The zero-order valence-electron chi connectivity index (χ0n) is 16.3. The summed E-state index contributed by atoms with van der Waals surface area (Å²) in [6.07, 6.45) is 3.30. The van der Waals surface area contributed by atoms with Crippen LogP contribution in [-0.4, -0.2) is 43.1 Å². The van der Waals surface area contributed by atoms with Gasteiger partial charge in [-0.2, -0.15) is 0 Å². The van der Waals surface area contributed by atoms with E-state index in [1.54, 1.807) is 38.8 Å². The number of ketones is 1. The van der Waals surface area contributed by atoms with Crippen LogP contribution in [0.4, 0.5) is 5.82 Å². The molecule has 28 heavy (non-hydrogen) atoms. The van der Waals surface area contributed by atoms with Crippen LogP contribution in [0.25, 0.3) is 21.3 Å². The van der Waals surface area contributed by atoms with Crippen molar-refractivity contribution in [3.63, 3.8) is 0 Å². The van der Waals surface area contributed by atoms with E-state index in [1.165, 1.54) is 0 Å². The fourth-order valence-electron chi connectivity index (χ4n) is 3.87. The van der Waals surface area contributed by atoms with Gasteiger partial charge in [-0.25, -0.2) is 9.97 Å². The molecule has 0 N–H and O–H groups in total. The lowest BCUT2D eigenvalue weighted by Crippen LogP contribution is -2.21. The van der Waals surface area contributed by atoms with E-state index in [9.17, 15) is 4.79 Å². The molecule has 6 nitrogen and oxygen atoms in total. The second kappa shape index (κ2) is 7.75. The Bertz CT molecular complexity index is 1020. The Kier molecular flexibility index (Phi) is 5.17. The molecule has 0 radical (unpaired) electrons. The number of Topliss-reactive ketones (excluding diaryl/α,β-unsaturated/α-hetero) is 1. The summed E-state index contributed by atoms with van der Waals surface area (Å²) in [5.41, 5.74) is 3.03. The van der Waals surface area contributed by atoms with Gasteiger partial charge in [0.15, 0.2) is 11.5 Å². The molecule has 3 aromatic rings. The van der Waals surface area contributed by atoms with Crippen molar-refractivity contribution < 1.29 is 14.3 Å². The number of anilines is 1. The number of rotatable bonds is 6. The molecule has 0 bridgehead atoms.